The number of imidazole rings is 1. The van der Waals surface area contributed by atoms with Crippen molar-refractivity contribution in [1.82, 2.24) is 13.9 Å². The number of hydrogen-bond acceptors (Lipinski definition) is 3. The molecule has 140 valence electrons. The van der Waals surface area contributed by atoms with Crippen LogP contribution in [-0.2, 0) is 29.4 Å². The molecule has 26 heavy (non-hydrogen) atoms. The van der Waals surface area contributed by atoms with Crippen molar-refractivity contribution in [1.29, 1.82) is 0 Å². The number of nitrogens with zero attached hydrogens (tertiary/aromatic N) is 3. The van der Waals surface area contributed by atoms with Crippen LogP contribution >= 0.6 is 0 Å². The molecule has 1 aliphatic heterocycles. The Balaban J connectivity index is 1.32. The van der Waals surface area contributed by atoms with Gasteiger partial charge in [-0.15, -0.1) is 0 Å². The molecule has 5 nitrogen and oxygen atoms in total. The zero-order valence-electron chi connectivity index (χ0n) is 15.2. The van der Waals surface area contributed by atoms with Crippen LogP contribution in [0.5, 0.6) is 0 Å². The number of fused-ring (bicyclic) bond motifs is 1. The number of aryl methyl sites for hydroxylation is 3. The van der Waals surface area contributed by atoms with Gasteiger partial charge in [0.15, 0.2) is 0 Å². The monoisotopic (exact) mass is 373 g/mol. The predicted molar refractivity (Wildman–Crippen MR) is 101 cm³/mol. The van der Waals surface area contributed by atoms with Gasteiger partial charge in [-0.3, -0.25) is 0 Å². The zero-order valence-corrected chi connectivity index (χ0v) is 16.0. The molecule has 0 radical (unpaired) electrons. The van der Waals surface area contributed by atoms with Crippen molar-refractivity contribution >= 4 is 10.0 Å². The average molecular weight is 374 g/mol. The highest BCUT2D eigenvalue weighted by Crippen LogP contribution is 2.29. The first kappa shape index (κ1) is 17.7. The third kappa shape index (κ3) is 3.71. The highest BCUT2D eigenvalue weighted by Gasteiger charge is 2.30. The minimum absolute atomic E-state index is 0.483. The average Bonchev–Trinajstić information content (AvgIpc) is 3.33. The van der Waals surface area contributed by atoms with E-state index < -0.39 is 10.0 Å². The predicted octanol–water partition coefficient (Wildman–Crippen LogP) is 3.25. The second-order valence-corrected chi connectivity index (χ2v) is 9.51. The highest BCUT2D eigenvalue weighted by atomic mass is 32.2. The Kier molecular flexibility index (Phi) is 5.14. The van der Waals surface area contributed by atoms with E-state index in [1.807, 2.05) is 30.9 Å². The van der Waals surface area contributed by atoms with Crippen molar-refractivity contribution in [3.8, 4) is 0 Å². The van der Waals surface area contributed by atoms with Crippen LogP contribution in [0.1, 0.15) is 43.2 Å². The van der Waals surface area contributed by atoms with Gasteiger partial charge in [0.25, 0.3) is 0 Å². The molecule has 2 aromatic rings. The molecule has 6 heteroatoms. The molecule has 1 aliphatic carbocycles. The van der Waals surface area contributed by atoms with Crippen LogP contribution in [0, 0.1) is 5.92 Å². The second kappa shape index (κ2) is 7.53. The van der Waals surface area contributed by atoms with E-state index in [2.05, 4.69) is 9.55 Å². The number of benzene rings is 1. The van der Waals surface area contributed by atoms with E-state index in [9.17, 15) is 8.42 Å². The summed E-state index contributed by atoms with van der Waals surface area (Å²) in [4.78, 5) is 4.55. The van der Waals surface area contributed by atoms with Gasteiger partial charge in [0.05, 0.1) is 11.2 Å². The van der Waals surface area contributed by atoms with Crippen LogP contribution in [0.4, 0.5) is 0 Å². The summed E-state index contributed by atoms with van der Waals surface area (Å²) in [5.74, 6) is 0.630. The zero-order chi connectivity index (χ0) is 18.0. The van der Waals surface area contributed by atoms with Crippen molar-refractivity contribution in [2.45, 2.75) is 56.4 Å². The van der Waals surface area contributed by atoms with Gasteiger partial charge in [-0.2, -0.15) is 4.31 Å². The van der Waals surface area contributed by atoms with E-state index in [1.54, 1.807) is 10.4 Å². The molecule has 0 saturated carbocycles. The van der Waals surface area contributed by atoms with Crippen molar-refractivity contribution < 1.29 is 8.42 Å². The summed E-state index contributed by atoms with van der Waals surface area (Å²) in [5.41, 5.74) is 2.54. The van der Waals surface area contributed by atoms with Crippen LogP contribution in [0.25, 0.3) is 0 Å². The fourth-order valence-electron chi connectivity index (χ4n) is 4.28. The number of aromatic nitrogens is 2. The quantitative estimate of drug-likeness (QED) is 0.781. The summed E-state index contributed by atoms with van der Waals surface area (Å²) < 4.78 is 29.8. The SMILES string of the molecule is O=S(=O)(c1ccc2c(c1)CCC2)N1CCC(CCCn2ccnc2)CC1. The molecule has 0 bridgehead atoms. The number of sulfonamides is 1. The molecular formula is C20H27N3O2S. The molecule has 1 fully saturated rings. The molecule has 1 aromatic carbocycles. The number of hydrogen-bond donors (Lipinski definition) is 0. The smallest absolute Gasteiger partial charge is 0.243 e. The van der Waals surface area contributed by atoms with Gasteiger partial charge >= 0.3 is 0 Å². The first-order valence-electron chi connectivity index (χ1n) is 9.70. The molecule has 0 unspecified atom stereocenters. The van der Waals surface area contributed by atoms with Crippen LogP contribution in [0.15, 0.2) is 41.8 Å². The first-order chi connectivity index (χ1) is 12.6. The normalized spacial score (nSPS) is 18.9. The maximum Gasteiger partial charge on any atom is 0.243 e. The van der Waals surface area contributed by atoms with E-state index >= 15 is 0 Å². The van der Waals surface area contributed by atoms with E-state index in [0.717, 1.165) is 51.5 Å². The van der Waals surface area contributed by atoms with Gasteiger partial charge < -0.3 is 4.57 Å². The molecule has 2 aliphatic rings. The lowest BCUT2D eigenvalue weighted by atomic mass is 9.93. The molecule has 0 N–H and O–H groups in total. The van der Waals surface area contributed by atoms with Gasteiger partial charge in [0.2, 0.25) is 10.0 Å². The minimum atomic E-state index is -3.34. The molecule has 1 aromatic heterocycles. The Labute approximate surface area is 156 Å². The van der Waals surface area contributed by atoms with Gasteiger partial charge in [-0.25, -0.2) is 13.4 Å². The molecule has 0 amide bonds. The van der Waals surface area contributed by atoms with E-state index in [4.69, 9.17) is 0 Å². The molecule has 0 spiro atoms. The standard InChI is InChI=1S/C20H27N3O2S/c24-26(25,20-7-6-18-4-1-5-19(18)15-20)23-12-8-17(9-13-23)3-2-11-22-14-10-21-16-22/h6-7,10,14-17H,1-5,8-9,11-13H2. The van der Waals surface area contributed by atoms with Crippen molar-refractivity contribution in [2.24, 2.45) is 5.92 Å². The van der Waals surface area contributed by atoms with Crippen LogP contribution in [-0.4, -0.2) is 35.4 Å². The molecule has 1 saturated heterocycles. The Morgan fingerprint density at radius 3 is 2.69 bits per heavy atom. The fourth-order valence-corrected chi connectivity index (χ4v) is 5.80. The summed E-state index contributed by atoms with van der Waals surface area (Å²) in [6.45, 7) is 2.29. The molecule has 4 rings (SSSR count). The van der Waals surface area contributed by atoms with Crippen molar-refractivity contribution in [3.63, 3.8) is 0 Å². The molecule has 0 atom stereocenters. The summed E-state index contributed by atoms with van der Waals surface area (Å²) >= 11 is 0. The van der Waals surface area contributed by atoms with Gasteiger partial charge in [-0.1, -0.05) is 6.07 Å². The van der Waals surface area contributed by atoms with Crippen molar-refractivity contribution in [2.75, 3.05) is 13.1 Å². The topological polar surface area (TPSA) is 55.2 Å². The Morgan fingerprint density at radius 1 is 1.12 bits per heavy atom. The number of piperidine rings is 1. The second-order valence-electron chi connectivity index (χ2n) is 7.57. The molecular weight excluding hydrogens is 346 g/mol. The van der Waals surface area contributed by atoms with Gasteiger partial charge in [0.1, 0.15) is 0 Å². The lowest BCUT2D eigenvalue weighted by Gasteiger charge is -2.31. The number of rotatable bonds is 6. The van der Waals surface area contributed by atoms with Crippen LogP contribution in [0.2, 0.25) is 0 Å². The maximum atomic E-state index is 13.0. The fraction of sp³-hybridized carbons (Fsp3) is 0.550. The summed E-state index contributed by atoms with van der Waals surface area (Å²) in [6, 6.07) is 5.73. The third-order valence-corrected chi connectivity index (χ3v) is 7.76. The highest BCUT2D eigenvalue weighted by molar-refractivity contribution is 7.89. The summed E-state index contributed by atoms with van der Waals surface area (Å²) in [7, 11) is -3.34. The largest absolute Gasteiger partial charge is 0.337 e. The summed E-state index contributed by atoms with van der Waals surface area (Å²) in [5, 5.41) is 0. The van der Waals surface area contributed by atoms with E-state index in [1.165, 1.54) is 11.1 Å². The first-order valence-corrected chi connectivity index (χ1v) is 11.1. The van der Waals surface area contributed by atoms with E-state index in [0.29, 0.717) is 23.9 Å². The van der Waals surface area contributed by atoms with Crippen molar-refractivity contribution in [3.05, 3.63) is 48.0 Å². The van der Waals surface area contributed by atoms with Gasteiger partial charge in [0, 0.05) is 32.0 Å². The lowest BCUT2D eigenvalue weighted by Crippen LogP contribution is -2.38. The van der Waals surface area contributed by atoms with E-state index in [-0.39, 0.29) is 0 Å². The van der Waals surface area contributed by atoms with Crippen LogP contribution in [0.3, 0.4) is 0 Å². The maximum absolute atomic E-state index is 13.0. The Bertz CT molecular complexity index is 838. The minimum Gasteiger partial charge on any atom is -0.337 e. The van der Waals surface area contributed by atoms with Crippen LogP contribution < -0.4 is 0 Å². The Morgan fingerprint density at radius 2 is 1.92 bits per heavy atom. The lowest BCUT2D eigenvalue weighted by molar-refractivity contribution is 0.258. The van der Waals surface area contributed by atoms with Gasteiger partial charge in [-0.05, 0) is 74.1 Å². The summed E-state index contributed by atoms with van der Waals surface area (Å²) in [6.07, 6.45) is 13.1. The Hall–Kier alpha value is -1.66. The third-order valence-electron chi connectivity index (χ3n) is 5.87. The molecule has 2 heterocycles.